The van der Waals surface area contributed by atoms with Crippen LogP contribution in [0.3, 0.4) is 0 Å². The Kier molecular flexibility index (Phi) is 3.40. The lowest BCUT2D eigenvalue weighted by Gasteiger charge is -2.07. The lowest BCUT2D eigenvalue weighted by atomic mass is 10.1. The number of carboxylic acids is 1. The topological polar surface area (TPSA) is 63.3 Å². The minimum Gasteiger partial charge on any atom is -0.478 e. The van der Waals surface area contributed by atoms with Crippen LogP contribution in [-0.4, -0.2) is 11.1 Å². The van der Waals surface area contributed by atoms with Crippen LogP contribution in [0.1, 0.15) is 15.9 Å². The van der Waals surface area contributed by atoms with Crippen molar-refractivity contribution in [1.82, 2.24) is 0 Å². The maximum absolute atomic E-state index is 11.0. The van der Waals surface area contributed by atoms with E-state index in [1.165, 1.54) is 0 Å². The van der Waals surface area contributed by atoms with Gasteiger partial charge < -0.3 is 10.8 Å². The Morgan fingerprint density at radius 2 is 2.24 bits per heavy atom. The van der Waals surface area contributed by atoms with Crippen LogP contribution in [0.25, 0.3) is 0 Å². The predicted molar refractivity (Wildman–Crippen MR) is 71.0 cm³/mol. The number of aromatic carboxylic acids is 1. The number of aryl methyl sites for hydroxylation is 1. The lowest BCUT2D eigenvalue weighted by Crippen LogP contribution is -2.04. The van der Waals surface area contributed by atoms with Crippen LogP contribution in [-0.2, 0) is 0 Å². The van der Waals surface area contributed by atoms with Crippen molar-refractivity contribution in [3.63, 3.8) is 0 Å². The second kappa shape index (κ2) is 4.81. The Morgan fingerprint density at radius 1 is 1.47 bits per heavy atom. The highest BCUT2D eigenvalue weighted by Gasteiger charge is 2.12. The number of benzene rings is 1. The molecular formula is C12H11NO2S2. The quantitative estimate of drug-likeness (QED) is 0.834. The molecule has 1 aromatic carbocycles. The van der Waals surface area contributed by atoms with Crippen LogP contribution in [0, 0.1) is 6.92 Å². The van der Waals surface area contributed by atoms with E-state index in [4.69, 9.17) is 10.8 Å². The number of anilines is 1. The van der Waals surface area contributed by atoms with Crippen LogP contribution in [0.15, 0.2) is 38.8 Å². The zero-order chi connectivity index (χ0) is 12.4. The molecule has 0 aliphatic rings. The number of nitrogens with two attached hydrogens (primary N) is 1. The van der Waals surface area contributed by atoms with Gasteiger partial charge in [0.1, 0.15) is 0 Å². The molecule has 88 valence electrons. The molecule has 3 nitrogen and oxygen atoms in total. The SMILES string of the molecule is Cc1cc(Sc2cccs2)cc(C(=O)O)c1N. The van der Waals surface area contributed by atoms with E-state index in [0.717, 1.165) is 14.7 Å². The van der Waals surface area contributed by atoms with Crippen LogP contribution in [0.4, 0.5) is 5.69 Å². The maximum Gasteiger partial charge on any atom is 0.337 e. The summed E-state index contributed by atoms with van der Waals surface area (Å²) >= 11 is 3.17. The average molecular weight is 265 g/mol. The molecule has 0 spiro atoms. The molecule has 1 aromatic heterocycles. The van der Waals surface area contributed by atoms with Gasteiger partial charge in [-0.05, 0) is 36.1 Å². The molecule has 0 fully saturated rings. The second-order valence-electron chi connectivity index (χ2n) is 3.54. The Hall–Kier alpha value is -1.46. The van der Waals surface area contributed by atoms with E-state index >= 15 is 0 Å². The van der Waals surface area contributed by atoms with E-state index in [2.05, 4.69) is 0 Å². The van der Waals surface area contributed by atoms with E-state index in [1.807, 2.05) is 30.5 Å². The zero-order valence-corrected chi connectivity index (χ0v) is 10.8. The van der Waals surface area contributed by atoms with Gasteiger partial charge in [0.05, 0.1) is 9.77 Å². The van der Waals surface area contributed by atoms with E-state index in [-0.39, 0.29) is 5.56 Å². The van der Waals surface area contributed by atoms with Crippen molar-refractivity contribution < 1.29 is 9.90 Å². The number of rotatable bonds is 3. The van der Waals surface area contributed by atoms with Gasteiger partial charge in [0.2, 0.25) is 0 Å². The third-order valence-electron chi connectivity index (χ3n) is 2.30. The number of nitrogen functional groups attached to an aromatic ring is 1. The monoisotopic (exact) mass is 265 g/mol. The minimum atomic E-state index is -0.987. The van der Waals surface area contributed by atoms with Crippen molar-refractivity contribution in [2.75, 3.05) is 5.73 Å². The minimum absolute atomic E-state index is 0.170. The van der Waals surface area contributed by atoms with Gasteiger partial charge in [0.25, 0.3) is 0 Å². The summed E-state index contributed by atoms with van der Waals surface area (Å²) in [7, 11) is 0. The van der Waals surface area contributed by atoms with Crippen LogP contribution in [0.5, 0.6) is 0 Å². The second-order valence-corrected chi connectivity index (χ2v) is 5.86. The summed E-state index contributed by atoms with van der Waals surface area (Å²) in [4.78, 5) is 11.9. The highest BCUT2D eigenvalue weighted by atomic mass is 32.2. The molecule has 0 saturated heterocycles. The number of thiophene rings is 1. The summed E-state index contributed by atoms with van der Waals surface area (Å²) in [6.07, 6.45) is 0. The molecule has 3 N–H and O–H groups in total. The summed E-state index contributed by atoms with van der Waals surface area (Å²) in [6.45, 7) is 1.82. The smallest absolute Gasteiger partial charge is 0.337 e. The Morgan fingerprint density at radius 3 is 2.82 bits per heavy atom. The molecule has 0 unspecified atom stereocenters. The molecule has 1 heterocycles. The van der Waals surface area contributed by atoms with Gasteiger partial charge in [-0.1, -0.05) is 17.8 Å². The first-order valence-electron chi connectivity index (χ1n) is 4.92. The van der Waals surface area contributed by atoms with Crippen molar-refractivity contribution in [3.8, 4) is 0 Å². The van der Waals surface area contributed by atoms with Crippen molar-refractivity contribution >= 4 is 34.8 Å². The molecule has 17 heavy (non-hydrogen) atoms. The number of carbonyl (C=O) groups is 1. The molecule has 0 saturated carbocycles. The fraction of sp³-hybridized carbons (Fsp3) is 0.0833. The standard InChI is InChI=1S/C12H11NO2S2/c1-7-5-8(17-10-3-2-4-16-10)6-9(11(7)13)12(14)15/h2-6H,13H2,1H3,(H,14,15). The summed E-state index contributed by atoms with van der Waals surface area (Å²) in [5.74, 6) is -0.987. The number of carboxylic acid groups (broad SMARTS) is 1. The first kappa shape index (κ1) is 12.0. The van der Waals surface area contributed by atoms with Crippen molar-refractivity contribution in [3.05, 3.63) is 40.8 Å². The van der Waals surface area contributed by atoms with Gasteiger partial charge in [-0.2, -0.15) is 0 Å². The molecular weight excluding hydrogens is 254 g/mol. The summed E-state index contributed by atoms with van der Waals surface area (Å²) in [5, 5.41) is 11.0. The molecule has 2 rings (SSSR count). The molecule has 0 aliphatic carbocycles. The molecule has 0 aliphatic heterocycles. The molecule has 0 amide bonds. The normalized spacial score (nSPS) is 10.4. The summed E-state index contributed by atoms with van der Waals surface area (Å²) in [6, 6.07) is 7.50. The van der Waals surface area contributed by atoms with Gasteiger partial charge >= 0.3 is 5.97 Å². The molecule has 0 radical (unpaired) electrons. The van der Waals surface area contributed by atoms with Gasteiger partial charge in [0, 0.05) is 10.6 Å². The van der Waals surface area contributed by atoms with Gasteiger partial charge in [0.15, 0.2) is 0 Å². The van der Waals surface area contributed by atoms with Crippen molar-refractivity contribution in [1.29, 1.82) is 0 Å². The Labute approximate surface area is 107 Å². The third-order valence-corrected chi connectivity index (χ3v) is 4.31. The van der Waals surface area contributed by atoms with Crippen molar-refractivity contribution in [2.45, 2.75) is 16.0 Å². The first-order valence-corrected chi connectivity index (χ1v) is 6.62. The Bertz CT molecular complexity index is 550. The fourth-order valence-corrected chi connectivity index (χ4v) is 3.33. The van der Waals surface area contributed by atoms with E-state index in [0.29, 0.717) is 5.69 Å². The van der Waals surface area contributed by atoms with Gasteiger partial charge in [-0.3, -0.25) is 0 Å². The molecule has 0 atom stereocenters. The highest BCUT2D eigenvalue weighted by Crippen LogP contribution is 2.34. The maximum atomic E-state index is 11.0. The van der Waals surface area contributed by atoms with E-state index in [9.17, 15) is 4.79 Å². The average Bonchev–Trinajstić information content (AvgIpc) is 2.75. The summed E-state index contributed by atoms with van der Waals surface area (Å²) in [5.41, 5.74) is 7.04. The number of hydrogen-bond acceptors (Lipinski definition) is 4. The first-order chi connectivity index (χ1) is 8.08. The Balaban J connectivity index is 2.39. The zero-order valence-electron chi connectivity index (χ0n) is 9.14. The van der Waals surface area contributed by atoms with E-state index < -0.39 is 5.97 Å². The van der Waals surface area contributed by atoms with Gasteiger partial charge in [-0.25, -0.2) is 4.79 Å². The van der Waals surface area contributed by atoms with E-state index in [1.54, 1.807) is 29.2 Å². The molecule has 5 heteroatoms. The van der Waals surface area contributed by atoms with Crippen molar-refractivity contribution in [2.24, 2.45) is 0 Å². The van der Waals surface area contributed by atoms with Gasteiger partial charge in [-0.15, -0.1) is 11.3 Å². The number of hydrogen-bond donors (Lipinski definition) is 2. The molecule has 0 bridgehead atoms. The third kappa shape index (κ3) is 2.62. The summed E-state index contributed by atoms with van der Waals surface area (Å²) < 4.78 is 1.13. The fourth-order valence-electron chi connectivity index (χ4n) is 1.44. The largest absolute Gasteiger partial charge is 0.478 e. The predicted octanol–water partition coefficient (Wildman–Crippen LogP) is 3.49. The highest BCUT2D eigenvalue weighted by molar-refractivity contribution is 8.01. The van der Waals surface area contributed by atoms with Crippen LogP contribution >= 0.6 is 23.1 Å². The van der Waals surface area contributed by atoms with Crippen LogP contribution < -0.4 is 5.73 Å². The lowest BCUT2D eigenvalue weighted by molar-refractivity contribution is 0.0697. The molecule has 2 aromatic rings. The van der Waals surface area contributed by atoms with Crippen LogP contribution in [0.2, 0.25) is 0 Å².